The fourth-order valence-corrected chi connectivity index (χ4v) is 4.15. The molecule has 0 radical (unpaired) electrons. The molecule has 164 valence electrons. The van der Waals surface area contributed by atoms with E-state index in [9.17, 15) is 4.79 Å². The Morgan fingerprint density at radius 2 is 2.13 bits per heavy atom. The second-order valence-electron chi connectivity index (χ2n) is 8.13. The predicted molar refractivity (Wildman–Crippen MR) is 111 cm³/mol. The van der Waals surface area contributed by atoms with E-state index < -0.39 is 0 Å². The molecule has 0 saturated carbocycles. The first kappa shape index (κ1) is 21.5. The van der Waals surface area contributed by atoms with Gasteiger partial charge >= 0.3 is 0 Å². The Balaban J connectivity index is 1.35. The summed E-state index contributed by atoms with van der Waals surface area (Å²) in [5.74, 6) is 1.53. The number of amides is 1. The lowest BCUT2D eigenvalue weighted by Gasteiger charge is -2.33. The summed E-state index contributed by atoms with van der Waals surface area (Å²) in [7, 11) is 0. The molecule has 0 bridgehead atoms. The third-order valence-corrected chi connectivity index (χ3v) is 5.94. The van der Waals surface area contributed by atoms with Crippen LogP contribution in [-0.4, -0.2) is 53.9 Å². The number of hydrogen-bond donors (Lipinski definition) is 0. The Hall–Kier alpha value is -2.76. The molecule has 2 aliphatic rings. The number of piperidine rings is 1. The van der Waals surface area contributed by atoms with Crippen molar-refractivity contribution in [1.82, 2.24) is 15.0 Å². The van der Waals surface area contributed by atoms with E-state index >= 15 is 0 Å². The van der Waals surface area contributed by atoms with Gasteiger partial charge in [-0.15, -0.1) is 0 Å². The van der Waals surface area contributed by atoms with Crippen molar-refractivity contribution >= 4 is 5.91 Å². The van der Waals surface area contributed by atoms with Crippen LogP contribution < -0.4 is 0 Å². The molecular weight excluding hydrogens is 396 g/mol. The molecule has 0 spiro atoms. The smallest absolute Gasteiger partial charge is 0.254 e. The van der Waals surface area contributed by atoms with Gasteiger partial charge in [-0.05, 0) is 56.2 Å². The molecule has 1 unspecified atom stereocenters. The molecule has 8 heteroatoms. The van der Waals surface area contributed by atoms with Crippen molar-refractivity contribution in [2.24, 2.45) is 5.92 Å². The van der Waals surface area contributed by atoms with Crippen molar-refractivity contribution in [2.45, 2.75) is 44.6 Å². The zero-order chi connectivity index (χ0) is 21.5. The summed E-state index contributed by atoms with van der Waals surface area (Å²) < 4.78 is 16.7. The number of hydrogen-bond acceptors (Lipinski definition) is 7. The van der Waals surface area contributed by atoms with E-state index in [1.165, 1.54) is 0 Å². The van der Waals surface area contributed by atoms with Crippen molar-refractivity contribution < 1.29 is 18.8 Å². The molecular formula is C23H28N4O4. The van der Waals surface area contributed by atoms with Crippen LogP contribution in [0, 0.1) is 17.2 Å². The van der Waals surface area contributed by atoms with E-state index in [-0.39, 0.29) is 11.9 Å². The van der Waals surface area contributed by atoms with Gasteiger partial charge in [-0.25, -0.2) is 0 Å². The summed E-state index contributed by atoms with van der Waals surface area (Å²) >= 11 is 0. The van der Waals surface area contributed by atoms with Crippen LogP contribution in [0.5, 0.6) is 0 Å². The van der Waals surface area contributed by atoms with E-state index in [0.29, 0.717) is 48.3 Å². The first-order chi connectivity index (χ1) is 15.2. The first-order valence-corrected chi connectivity index (χ1v) is 11.0. The second kappa shape index (κ2) is 10.5. The minimum atomic E-state index is -0.239. The largest absolute Gasteiger partial charge is 0.381 e. The standard InChI is InChI=1S/C23H28N4O4/c24-15-18-4-3-5-19(14-18)23(28)27-10-2-1-6-20(27)22-25-21(26-31-22)9-13-30-16-17-7-11-29-12-8-17/h3-5,14,17,20H,1-2,6-13,16H2. The lowest BCUT2D eigenvalue weighted by Crippen LogP contribution is -2.38. The Labute approximate surface area is 182 Å². The number of likely N-dealkylation sites (tertiary alicyclic amines) is 1. The highest BCUT2D eigenvalue weighted by Crippen LogP contribution is 2.31. The Bertz CT molecular complexity index is 916. The molecule has 0 aliphatic carbocycles. The zero-order valence-corrected chi connectivity index (χ0v) is 17.7. The van der Waals surface area contributed by atoms with Crippen molar-refractivity contribution in [1.29, 1.82) is 5.26 Å². The summed E-state index contributed by atoms with van der Waals surface area (Å²) in [5.41, 5.74) is 0.979. The van der Waals surface area contributed by atoms with Crippen molar-refractivity contribution in [3.8, 4) is 6.07 Å². The number of carbonyl (C=O) groups is 1. The summed E-state index contributed by atoms with van der Waals surface area (Å²) in [6.45, 7) is 3.55. The highest BCUT2D eigenvalue weighted by atomic mass is 16.5. The Morgan fingerprint density at radius 3 is 2.97 bits per heavy atom. The average molecular weight is 425 g/mol. The van der Waals surface area contributed by atoms with E-state index in [1.807, 2.05) is 0 Å². The van der Waals surface area contributed by atoms with Gasteiger partial charge in [0.2, 0.25) is 5.89 Å². The molecule has 0 N–H and O–H groups in total. The minimum absolute atomic E-state index is 0.110. The van der Waals surface area contributed by atoms with Gasteiger partial charge < -0.3 is 18.9 Å². The van der Waals surface area contributed by atoms with Crippen LogP contribution in [0.25, 0.3) is 0 Å². The Morgan fingerprint density at radius 1 is 1.26 bits per heavy atom. The van der Waals surface area contributed by atoms with Gasteiger partial charge in [-0.3, -0.25) is 4.79 Å². The SMILES string of the molecule is N#Cc1cccc(C(=O)N2CCCCC2c2nc(CCOCC3CCOCC3)no2)c1. The molecule has 2 fully saturated rings. The highest BCUT2D eigenvalue weighted by Gasteiger charge is 2.32. The lowest BCUT2D eigenvalue weighted by molar-refractivity contribution is 0.0211. The number of nitrogens with zero attached hydrogens (tertiary/aromatic N) is 4. The molecule has 1 aromatic carbocycles. The monoisotopic (exact) mass is 424 g/mol. The topological polar surface area (TPSA) is 101 Å². The molecule has 31 heavy (non-hydrogen) atoms. The normalized spacial score (nSPS) is 19.8. The average Bonchev–Trinajstić information content (AvgIpc) is 3.31. The summed E-state index contributed by atoms with van der Waals surface area (Å²) in [4.78, 5) is 19.5. The minimum Gasteiger partial charge on any atom is -0.381 e. The van der Waals surface area contributed by atoms with Gasteiger partial charge in [-0.2, -0.15) is 10.2 Å². The lowest BCUT2D eigenvalue weighted by atomic mass is 10.00. The van der Waals surface area contributed by atoms with Crippen molar-refractivity contribution in [3.05, 3.63) is 47.1 Å². The van der Waals surface area contributed by atoms with Crippen LogP contribution in [0.3, 0.4) is 0 Å². The third-order valence-electron chi connectivity index (χ3n) is 5.94. The maximum absolute atomic E-state index is 13.1. The van der Waals surface area contributed by atoms with Crippen molar-refractivity contribution in [3.63, 3.8) is 0 Å². The van der Waals surface area contributed by atoms with Crippen LogP contribution in [0.1, 0.15) is 65.8 Å². The van der Waals surface area contributed by atoms with Crippen molar-refractivity contribution in [2.75, 3.05) is 33.0 Å². The van der Waals surface area contributed by atoms with Gasteiger partial charge in [0.05, 0.1) is 18.2 Å². The van der Waals surface area contributed by atoms with Gasteiger partial charge in [0.25, 0.3) is 5.91 Å². The number of carbonyl (C=O) groups excluding carboxylic acids is 1. The number of aromatic nitrogens is 2. The second-order valence-corrected chi connectivity index (χ2v) is 8.13. The molecule has 2 saturated heterocycles. The molecule has 4 rings (SSSR count). The molecule has 1 aromatic heterocycles. The molecule has 1 amide bonds. The molecule has 3 heterocycles. The number of benzene rings is 1. The maximum Gasteiger partial charge on any atom is 0.254 e. The number of ether oxygens (including phenoxy) is 2. The molecule has 2 aliphatic heterocycles. The highest BCUT2D eigenvalue weighted by molar-refractivity contribution is 5.94. The van der Waals surface area contributed by atoms with Gasteiger partial charge in [0.15, 0.2) is 5.82 Å². The van der Waals surface area contributed by atoms with Gasteiger partial charge in [0, 0.05) is 38.3 Å². The number of rotatable bonds is 7. The van der Waals surface area contributed by atoms with E-state index in [2.05, 4.69) is 16.2 Å². The van der Waals surface area contributed by atoms with Crippen LogP contribution >= 0.6 is 0 Å². The van der Waals surface area contributed by atoms with E-state index in [4.69, 9.17) is 19.3 Å². The Kier molecular flexibility index (Phi) is 7.28. The van der Waals surface area contributed by atoms with Crippen LogP contribution in [-0.2, 0) is 15.9 Å². The zero-order valence-electron chi connectivity index (χ0n) is 17.7. The third kappa shape index (κ3) is 5.49. The quantitative estimate of drug-likeness (QED) is 0.629. The number of nitriles is 1. The first-order valence-electron chi connectivity index (χ1n) is 11.0. The molecule has 8 nitrogen and oxygen atoms in total. The predicted octanol–water partition coefficient (Wildman–Crippen LogP) is 3.29. The summed E-state index contributed by atoms with van der Waals surface area (Å²) in [6, 6.07) is 8.64. The van der Waals surface area contributed by atoms with Gasteiger partial charge in [0.1, 0.15) is 6.04 Å². The fraction of sp³-hybridized carbons (Fsp3) is 0.565. The van der Waals surface area contributed by atoms with E-state index in [0.717, 1.165) is 51.9 Å². The summed E-state index contributed by atoms with van der Waals surface area (Å²) in [5, 5.41) is 13.2. The fourth-order valence-electron chi connectivity index (χ4n) is 4.15. The van der Waals surface area contributed by atoms with Crippen LogP contribution in [0.15, 0.2) is 28.8 Å². The summed E-state index contributed by atoms with van der Waals surface area (Å²) in [6.07, 6.45) is 5.40. The van der Waals surface area contributed by atoms with E-state index in [1.54, 1.807) is 29.2 Å². The van der Waals surface area contributed by atoms with Gasteiger partial charge in [-0.1, -0.05) is 11.2 Å². The maximum atomic E-state index is 13.1. The molecule has 1 atom stereocenters. The molecule has 2 aromatic rings. The van der Waals surface area contributed by atoms with Crippen LogP contribution in [0.2, 0.25) is 0 Å². The van der Waals surface area contributed by atoms with Crippen LogP contribution in [0.4, 0.5) is 0 Å².